The summed E-state index contributed by atoms with van der Waals surface area (Å²) in [6.07, 6.45) is 2.50. The first kappa shape index (κ1) is 13.7. The number of benzene rings is 1. The lowest BCUT2D eigenvalue weighted by molar-refractivity contribution is 0.328. The number of hydrogen-bond donors (Lipinski definition) is 2. The van der Waals surface area contributed by atoms with Crippen molar-refractivity contribution in [3.8, 4) is 5.75 Å². The van der Waals surface area contributed by atoms with Crippen LogP contribution in [-0.4, -0.2) is 31.2 Å². The van der Waals surface area contributed by atoms with Crippen LogP contribution in [0.5, 0.6) is 5.75 Å². The van der Waals surface area contributed by atoms with E-state index in [0.717, 1.165) is 11.7 Å². The topological polar surface area (TPSA) is 45.7 Å². The molecule has 1 saturated carbocycles. The summed E-state index contributed by atoms with van der Waals surface area (Å²) in [5.41, 5.74) is 0. The molecule has 1 aliphatic rings. The van der Waals surface area contributed by atoms with Gasteiger partial charge in [0, 0.05) is 12.1 Å². The number of aliphatic imine (C=N–C) groups is 1. The summed E-state index contributed by atoms with van der Waals surface area (Å²) in [6, 6.07) is 10.8. The van der Waals surface area contributed by atoms with E-state index < -0.39 is 0 Å². The van der Waals surface area contributed by atoms with E-state index in [1.54, 1.807) is 0 Å². The Balaban J connectivity index is 1.74. The van der Waals surface area contributed by atoms with Gasteiger partial charge in [0.05, 0.1) is 6.54 Å². The highest BCUT2D eigenvalue weighted by Gasteiger charge is 2.22. The van der Waals surface area contributed by atoms with Crippen molar-refractivity contribution in [2.24, 2.45) is 4.99 Å². The third kappa shape index (κ3) is 5.64. The van der Waals surface area contributed by atoms with Gasteiger partial charge in [0.15, 0.2) is 5.96 Å². The molecule has 0 spiro atoms. The van der Waals surface area contributed by atoms with Gasteiger partial charge < -0.3 is 15.4 Å². The van der Waals surface area contributed by atoms with Crippen LogP contribution in [0.2, 0.25) is 0 Å². The first-order valence-corrected chi connectivity index (χ1v) is 6.99. The van der Waals surface area contributed by atoms with Crippen molar-refractivity contribution in [1.82, 2.24) is 10.6 Å². The Hall–Kier alpha value is -1.71. The van der Waals surface area contributed by atoms with Crippen molar-refractivity contribution in [2.45, 2.75) is 38.8 Å². The quantitative estimate of drug-likeness (QED) is 0.469. The molecule has 1 aliphatic carbocycles. The van der Waals surface area contributed by atoms with E-state index in [1.807, 2.05) is 30.3 Å². The van der Waals surface area contributed by atoms with E-state index >= 15 is 0 Å². The van der Waals surface area contributed by atoms with Crippen LogP contribution in [0.3, 0.4) is 0 Å². The van der Waals surface area contributed by atoms with Crippen LogP contribution in [0.1, 0.15) is 26.7 Å². The number of nitrogens with zero attached hydrogens (tertiary/aromatic N) is 1. The number of ether oxygens (including phenoxy) is 1. The Morgan fingerprint density at radius 1 is 1.32 bits per heavy atom. The summed E-state index contributed by atoms with van der Waals surface area (Å²) in [5.74, 6) is 1.79. The molecule has 4 nitrogen and oxygen atoms in total. The summed E-state index contributed by atoms with van der Waals surface area (Å²) in [4.78, 5) is 4.53. The van der Waals surface area contributed by atoms with Crippen molar-refractivity contribution >= 4 is 5.96 Å². The molecule has 0 aliphatic heterocycles. The van der Waals surface area contributed by atoms with E-state index in [9.17, 15) is 0 Å². The highest BCUT2D eigenvalue weighted by Crippen LogP contribution is 2.18. The molecule has 0 saturated heterocycles. The lowest BCUT2D eigenvalue weighted by atomic mass is 10.3. The van der Waals surface area contributed by atoms with Gasteiger partial charge in [0.1, 0.15) is 12.4 Å². The first-order chi connectivity index (χ1) is 9.24. The van der Waals surface area contributed by atoms with Crippen molar-refractivity contribution in [3.05, 3.63) is 30.3 Å². The minimum absolute atomic E-state index is 0.389. The predicted molar refractivity (Wildman–Crippen MR) is 78.7 cm³/mol. The Bertz CT molecular complexity index is 393. The number of hydrogen-bond acceptors (Lipinski definition) is 2. The molecular weight excluding hydrogens is 238 g/mol. The van der Waals surface area contributed by atoms with E-state index in [0.29, 0.717) is 25.2 Å². The molecule has 0 unspecified atom stereocenters. The maximum Gasteiger partial charge on any atom is 0.191 e. The summed E-state index contributed by atoms with van der Waals surface area (Å²) < 4.78 is 5.62. The van der Waals surface area contributed by atoms with E-state index in [1.165, 1.54) is 12.8 Å². The molecule has 4 heteroatoms. The summed E-state index contributed by atoms with van der Waals surface area (Å²) >= 11 is 0. The van der Waals surface area contributed by atoms with Gasteiger partial charge in [-0.05, 0) is 38.8 Å². The molecule has 19 heavy (non-hydrogen) atoms. The number of guanidine groups is 1. The minimum Gasteiger partial charge on any atom is -0.492 e. The Morgan fingerprint density at radius 3 is 2.68 bits per heavy atom. The van der Waals surface area contributed by atoms with E-state index in [-0.39, 0.29) is 0 Å². The second-order valence-electron chi connectivity index (χ2n) is 5.11. The highest BCUT2D eigenvalue weighted by molar-refractivity contribution is 5.80. The Labute approximate surface area is 115 Å². The molecule has 1 fully saturated rings. The van der Waals surface area contributed by atoms with Crippen LogP contribution in [-0.2, 0) is 0 Å². The van der Waals surface area contributed by atoms with Crippen LogP contribution in [0.25, 0.3) is 0 Å². The summed E-state index contributed by atoms with van der Waals surface area (Å²) in [6.45, 7) is 5.48. The number of para-hydroxylation sites is 1. The van der Waals surface area contributed by atoms with Crippen molar-refractivity contribution in [1.29, 1.82) is 0 Å². The Morgan fingerprint density at radius 2 is 2.05 bits per heavy atom. The molecule has 104 valence electrons. The standard InChI is InChI=1S/C15H23N3O/c1-12(2)17-15(18-13-8-9-13)16-10-11-19-14-6-4-3-5-7-14/h3-7,12-13H,8-11H2,1-2H3,(H2,16,17,18). The lowest BCUT2D eigenvalue weighted by Crippen LogP contribution is -2.42. The van der Waals surface area contributed by atoms with Crippen LogP contribution in [0, 0.1) is 0 Å². The third-order valence-corrected chi connectivity index (χ3v) is 2.72. The van der Waals surface area contributed by atoms with Gasteiger partial charge in [-0.1, -0.05) is 18.2 Å². The lowest BCUT2D eigenvalue weighted by Gasteiger charge is -2.14. The van der Waals surface area contributed by atoms with Crippen molar-refractivity contribution < 1.29 is 4.74 Å². The van der Waals surface area contributed by atoms with Crippen molar-refractivity contribution in [2.75, 3.05) is 13.2 Å². The third-order valence-electron chi connectivity index (χ3n) is 2.72. The summed E-state index contributed by atoms with van der Waals surface area (Å²) in [7, 11) is 0. The van der Waals surface area contributed by atoms with Gasteiger partial charge in [-0.15, -0.1) is 0 Å². The van der Waals surface area contributed by atoms with E-state index in [4.69, 9.17) is 4.74 Å². The Kier molecular flexibility index (Phi) is 5.07. The van der Waals surface area contributed by atoms with Gasteiger partial charge in [0.2, 0.25) is 0 Å². The van der Waals surface area contributed by atoms with Crippen LogP contribution in [0.4, 0.5) is 0 Å². The van der Waals surface area contributed by atoms with Crippen LogP contribution >= 0.6 is 0 Å². The van der Waals surface area contributed by atoms with Gasteiger partial charge in [-0.2, -0.15) is 0 Å². The molecule has 0 radical (unpaired) electrons. The molecule has 0 heterocycles. The molecule has 2 rings (SSSR count). The first-order valence-electron chi connectivity index (χ1n) is 6.99. The monoisotopic (exact) mass is 261 g/mol. The fourth-order valence-corrected chi connectivity index (χ4v) is 1.67. The molecule has 1 aromatic rings. The predicted octanol–water partition coefficient (Wildman–Crippen LogP) is 2.17. The molecule has 1 aromatic carbocycles. The highest BCUT2D eigenvalue weighted by atomic mass is 16.5. The molecular formula is C15H23N3O. The molecule has 0 atom stereocenters. The van der Waals surface area contributed by atoms with Gasteiger partial charge in [-0.25, -0.2) is 4.99 Å². The molecule has 0 bridgehead atoms. The fourth-order valence-electron chi connectivity index (χ4n) is 1.67. The smallest absolute Gasteiger partial charge is 0.191 e. The zero-order chi connectivity index (χ0) is 13.5. The largest absolute Gasteiger partial charge is 0.492 e. The summed E-state index contributed by atoms with van der Waals surface area (Å²) in [5, 5.41) is 6.74. The normalized spacial score (nSPS) is 15.4. The average molecular weight is 261 g/mol. The number of nitrogens with one attached hydrogen (secondary N) is 2. The number of rotatable bonds is 6. The van der Waals surface area contributed by atoms with Gasteiger partial charge in [0.25, 0.3) is 0 Å². The van der Waals surface area contributed by atoms with Crippen LogP contribution in [0.15, 0.2) is 35.3 Å². The molecule has 2 N–H and O–H groups in total. The van der Waals surface area contributed by atoms with E-state index in [2.05, 4.69) is 29.5 Å². The minimum atomic E-state index is 0.389. The second-order valence-corrected chi connectivity index (χ2v) is 5.11. The molecule has 0 amide bonds. The zero-order valence-electron chi connectivity index (χ0n) is 11.7. The van der Waals surface area contributed by atoms with Gasteiger partial charge in [-0.3, -0.25) is 0 Å². The maximum atomic E-state index is 5.62. The SMILES string of the molecule is CC(C)NC(=NCCOc1ccccc1)NC1CC1. The second kappa shape index (κ2) is 7.02. The average Bonchev–Trinajstić information content (AvgIpc) is 3.19. The zero-order valence-corrected chi connectivity index (χ0v) is 11.7. The molecule has 0 aromatic heterocycles. The fraction of sp³-hybridized carbons (Fsp3) is 0.533. The van der Waals surface area contributed by atoms with Crippen LogP contribution < -0.4 is 15.4 Å². The van der Waals surface area contributed by atoms with Gasteiger partial charge >= 0.3 is 0 Å². The maximum absolute atomic E-state index is 5.62. The van der Waals surface area contributed by atoms with Crippen molar-refractivity contribution in [3.63, 3.8) is 0 Å².